The summed E-state index contributed by atoms with van der Waals surface area (Å²) < 4.78 is 46.5. The van der Waals surface area contributed by atoms with Crippen molar-refractivity contribution in [2.24, 2.45) is 11.7 Å². The zero-order valence-corrected chi connectivity index (χ0v) is 16.1. The highest BCUT2D eigenvalue weighted by atomic mass is 19.4. The van der Waals surface area contributed by atoms with E-state index in [4.69, 9.17) is 10.5 Å². The van der Waals surface area contributed by atoms with Crippen molar-refractivity contribution in [3.8, 4) is 5.75 Å². The van der Waals surface area contributed by atoms with Crippen molar-refractivity contribution in [1.82, 2.24) is 9.55 Å². The normalized spacial score (nSPS) is 14.2. The molecule has 150 valence electrons. The lowest BCUT2D eigenvalue weighted by Gasteiger charge is -2.20. The van der Waals surface area contributed by atoms with Crippen LogP contribution in [0.15, 0.2) is 42.5 Å². The molecule has 0 aliphatic carbocycles. The quantitative estimate of drug-likeness (QED) is 0.632. The number of imidazole rings is 1. The number of methoxy groups -OCH3 is 1. The standard InChI is InChI=1S/C21H24F3N3O/c1-4-13(2)19(25)20-26-17-11-15(21(22,23)24)8-9-18(17)27(20)12-14-6-5-7-16(10-14)28-3/h5-11,13,19H,4,12,25H2,1-3H3/t13?,19-/m0/s1. The van der Waals surface area contributed by atoms with Gasteiger partial charge in [-0.3, -0.25) is 0 Å². The number of fused-ring (bicyclic) bond motifs is 1. The molecular formula is C21H24F3N3O. The van der Waals surface area contributed by atoms with E-state index in [1.807, 2.05) is 42.7 Å². The second-order valence-corrected chi connectivity index (χ2v) is 7.02. The van der Waals surface area contributed by atoms with Crippen LogP contribution < -0.4 is 10.5 Å². The third-order valence-corrected chi connectivity index (χ3v) is 5.14. The molecule has 0 spiro atoms. The lowest BCUT2D eigenvalue weighted by atomic mass is 9.99. The number of ether oxygens (including phenoxy) is 1. The van der Waals surface area contributed by atoms with Gasteiger partial charge in [-0.15, -0.1) is 0 Å². The van der Waals surface area contributed by atoms with Gasteiger partial charge in [0.2, 0.25) is 0 Å². The summed E-state index contributed by atoms with van der Waals surface area (Å²) in [6, 6.07) is 10.8. The summed E-state index contributed by atoms with van der Waals surface area (Å²) in [6.45, 7) is 4.49. The van der Waals surface area contributed by atoms with Crippen molar-refractivity contribution in [2.75, 3.05) is 7.11 Å². The Morgan fingerprint density at radius 2 is 1.93 bits per heavy atom. The van der Waals surface area contributed by atoms with Gasteiger partial charge in [0.15, 0.2) is 0 Å². The second-order valence-electron chi connectivity index (χ2n) is 7.02. The maximum Gasteiger partial charge on any atom is 0.416 e. The molecule has 0 amide bonds. The van der Waals surface area contributed by atoms with Crippen LogP contribution in [-0.2, 0) is 12.7 Å². The van der Waals surface area contributed by atoms with Gasteiger partial charge in [-0.1, -0.05) is 32.4 Å². The number of hydrogen-bond donors (Lipinski definition) is 1. The molecular weight excluding hydrogens is 367 g/mol. The van der Waals surface area contributed by atoms with Crippen LogP contribution >= 0.6 is 0 Å². The average Bonchev–Trinajstić information content (AvgIpc) is 3.03. The lowest BCUT2D eigenvalue weighted by molar-refractivity contribution is -0.137. The zero-order chi connectivity index (χ0) is 20.5. The molecule has 28 heavy (non-hydrogen) atoms. The number of aromatic nitrogens is 2. The van der Waals surface area contributed by atoms with Gasteiger partial charge in [0.25, 0.3) is 0 Å². The van der Waals surface area contributed by atoms with E-state index in [-0.39, 0.29) is 12.0 Å². The first-order valence-electron chi connectivity index (χ1n) is 9.20. The third-order valence-electron chi connectivity index (χ3n) is 5.14. The number of benzene rings is 2. The molecule has 0 aliphatic heterocycles. The van der Waals surface area contributed by atoms with E-state index >= 15 is 0 Å². The van der Waals surface area contributed by atoms with Gasteiger partial charge < -0.3 is 15.0 Å². The van der Waals surface area contributed by atoms with Crippen LogP contribution in [0.5, 0.6) is 5.75 Å². The fourth-order valence-electron chi connectivity index (χ4n) is 3.21. The summed E-state index contributed by atoms with van der Waals surface area (Å²) in [6.07, 6.45) is -3.57. The van der Waals surface area contributed by atoms with Crippen LogP contribution in [0.1, 0.15) is 43.3 Å². The van der Waals surface area contributed by atoms with Crippen LogP contribution in [0.25, 0.3) is 11.0 Å². The zero-order valence-electron chi connectivity index (χ0n) is 16.1. The summed E-state index contributed by atoms with van der Waals surface area (Å²) in [5, 5.41) is 0. The molecule has 2 N–H and O–H groups in total. The highest BCUT2D eigenvalue weighted by Gasteiger charge is 2.31. The highest BCUT2D eigenvalue weighted by molar-refractivity contribution is 5.77. The Bertz CT molecular complexity index is 965. The van der Waals surface area contributed by atoms with Crippen molar-refractivity contribution in [1.29, 1.82) is 0 Å². The second kappa shape index (κ2) is 7.83. The molecule has 2 atom stereocenters. The molecule has 0 bridgehead atoms. The topological polar surface area (TPSA) is 53.1 Å². The number of halogens is 3. The number of nitrogens with two attached hydrogens (primary N) is 1. The Morgan fingerprint density at radius 1 is 1.18 bits per heavy atom. The summed E-state index contributed by atoms with van der Waals surface area (Å²) in [4.78, 5) is 4.50. The molecule has 0 fully saturated rings. The summed E-state index contributed by atoms with van der Waals surface area (Å²) in [7, 11) is 1.59. The van der Waals surface area contributed by atoms with E-state index in [0.29, 0.717) is 29.2 Å². The minimum Gasteiger partial charge on any atom is -0.497 e. The van der Waals surface area contributed by atoms with E-state index < -0.39 is 11.7 Å². The number of alkyl halides is 3. The molecule has 3 aromatic rings. The minimum absolute atomic E-state index is 0.142. The van der Waals surface area contributed by atoms with Gasteiger partial charge in [0.05, 0.1) is 29.7 Å². The first kappa shape index (κ1) is 20.2. The molecule has 0 saturated carbocycles. The van der Waals surface area contributed by atoms with Crippen molar-refractivity contribution in [3.63, 3.8) is 0 Å². The van der Waals surface area contributed by atoms with Crippen LogP contribution in [-0.4, -0.2) is 16.7 Å². The van der Waals surface area contributed by atoms with Gasteiger partial charge in [-0.25, -0.2) is 4.98 Å². The van der Waals surface area contributed by atoms with E-state index in [1.54, 1.807) is 7.11 Å². The third kappa shape index (κ3) is 3.99. The summed E-state index contributed by atoms with van der Waals surface area (Å²) in [5.41, 5.74) is 7.59. The molecule has 0 aliphatic rings. The van der Waals surface area contributed by atoms with Crippen LogP contribution in [0.2, 0.25) is 0 Å². The maximum absolute atomic E-state index is 13.1. The smallest absolute Gasteiger partial charge is 0.416 e. The fourth-order valence-corrected chi connectivity index (χ4v) is 3.21. The Morgan fingerprint density at radius 3 is 2.57 bits per heavy atom. The van der Waals surface area contributed by atoms with Gasteiger partial charge >= 0.3 is 6.18 Å². The van der Waals surface area contributed by atoms with E-state index in [0.717, 1.165) is 24.1 Å². The van der Waals surface area contributed by atoms with Crippen LogP contribution in [0.4, 0.5) is 13.2 Å². The molecule has 1 heterocycles. The molecule has 0 radical (unpaired) electrons. The number of hydrogen-bond acceptors (Lipinski definition) is 3. The molecule has 4 nitrogen and oxygen atoms in total. The Hall–Kier alpha value is -2.54. The molecule has 7 heteroatoms. The van der Waals surface area contributed by atoms with Crippen molar-refractivity contribution in [3.05, 3.63) is 59.4 Å². The summed E-state index contributed by atoms with van der Waals surface area (Å²) in [5.74, 6) is 1.45. The largest absolute Gasteiger partial charge is 0.497 e. The minimum atomic E-state index is -4.41. The average molecular weight is 391 g/mol. The van der Waals surface area contributed by atoms with Crippen molar-refractivity contribution in [2.45, 2.75) is 39.0 Å². The molecule has 0 saturated heterocycles. The molecule has 1 aromatic heterocycles. The van der Waals surface area contributed by atoms with Crippen LogP contribution in [0, 0.1) is 5.92 Å². The molecule has 3 rings (SSSR count). The predicted octanol–water partition coefficient (Wildman–Crippen LogP) is 5.16. The van der Waals surface area contributed by atoms with Gasteiger partial charge in [-0.2, -0.15) is 13.2 Å². The van der Waals surface area contributed by atoms with E-state index in [1.165, 1.54) is 6.07 Å². The molecule has 1 unspecified atom stereocenters. The number of nitrogens with zero attached hydrogens (tertiary/aromatic N) is 2. The Balaban J connectivity index is 2.13. The summed E-state index contributed by atoms with van der Waals surface area (Å²) >= 11 is 0. The maximum atomic E-state index is 13.1. The van der Waals surface area contributed by atoms with Gasteiger partial charge in [-0.05, 0) is 41.8 Å². The SMILES string of the molecule is CCC(C)[C@H](N)c1nc2cc(C(F)(F)F)ccc2n1Cc1cccc(OC)c1. The van der Waals surface area contributed by atoms with E-state index in [9.17, 15) is 13.2 Å². The first-order chi connectivity index (χ1) is 13.2. The predicted molar refractivity (Wildman–Crippen MR) is 103 cm³/mol. The fraction of sp³-hybridized carbons (Fsp3) is 0.381. The van der Waals surface area contributed by atoms with Gasteiger partial charge in [0.1, 0.15) is 11.6 Å². The van der Waals surface area contributed by atoms with Crippen LogP contribution in [0.3, 0.4) is 0 Å². The van der Waals surface area contributed by atoms with Crippen molar-refractivity contribution < 1.29 is 17.9 Å². The number of rotatable bonds is 6. The van der Waals surface area contributed by atoms with Gasteiger partial charge in [0, 0.05) is 6.54 Å². The van der Waals surface area contributed by atoms with Crippen molar-refractivity contribution >= 4 is 11.0 Å². The molecule has 2 aromatic carbocycles. The monoisotopic (exact) mass is 391 g/mol. The first-order valence-corrected chi connectivity index (χ1v) is 9.20. The Kier molecular flexibility index (Phi) is 5.65. The Labute approximate surface area is 162 Å². The highest BCUT2D eigenvalue weighted by Crippen LogP contribution is 2.33. The van der Waals surface area contributed by atoms with E-state index in [2.05, 4.69) is 4.98 Å². The lowest BCUT2D eigenvalue weighted by Crippen LogP contribution is -2.23.